The van der Waals surface area contributed by atoms with E-state index in [1.807, 2.05) is 17.7 Å². The number of nitrogens with one attached hydrogen (secondary N) is 1. The molecule has 0 aromatic carbocycles. The van der Waals surface area contributed by atoms with Crippen LogP contribution in [-0.2, 0) is 6.54 Å². The SMILES string of the molecule is CC(Cn1cnc(C2CC2)c1)NC(=O)O. The van der Waals surface area contributed by atoms with E-state index in [-0.39, 0.29) is 6.04 Å². The van der Waals surface area contributed by atoms with Crippen LogP contribution >= 0.6 is 0 Å². The molecule has 1 saturated carbocycles. The summed E-state index contributed by atoms with van der Waals surface area (Å²) in [5.41, 5.74) is 1.14. The van der Waals surface area contributed by atoms with Crippen molar-refractivity contribution in [2.45, 2.75) is 38.3 Å². The van der Waals surface area contributed by atoms with Crippen molar-refractivity contribution in [2.75, 3.05) is 0 Å². The van der Waals surface area contributed by atoms with Gasteiger partial charge in [-0.25, -0.2) is 9.78 Å². The van der Waals surface area contributed by atoms with Gasteiger partial charge in [0.1, 0.15) is 0 Å². The van der Waals surface area contributed by atoms with Gasteiger partial charge < -0.3 is 15.0 Å². The highest BCUT2D eigenvalue weighted by Crippen LogP contribution is 2.38. The third-order valence-corrected chi connectivity index (χ3v) is 2.50. The molecule has 2 N–H and O–H groups in total. The summed E-state index contributed by atoms with van der Waals surface area (Å²) in [7, 11) is 0. The molecule has 0 bridgehead atoms. The van der Waals surface area contributed by atoms with E-state index in [9.17, 15) is 4.79 Å². The standard InChI is InChI=1S/C10H15N3O2/c1-7(12-10(14)15)4-13-5-9(11-6-13)8-2-3-8/h5-8,12H,2-4H2,1H3,(H,14,15). The summed E-state index contributed by atoms with van der Waals surface area (Å²) in [6.45, 7) is 2.47. The Morgan fingerprint density at radius 1 is 1.80 bits per heavy atom. The van der Waals surface area contributed by atoms with Gasteiger partial charge in [-0.15, -0.1) is 0 Å². The third kappa shape index (κ3) is 2.71. The molecule has 1 heterocycles. The average Bonchev–Trinajstić information content (AvgIpc) is 2.87. The smallest absolute Gasteiger partial charge is 0.404 e. The highest BCUT2D eigenvalue weighted by molar-refractivity contribution is 5.64. The molecule has 5 heteroatoms. The lowest BCUT2D eigenvalue weighted by atomic mass is 10.3. The predicted molar refractivity (Wildman–Crippen MR) is 54.8 cm³/mol. The zero-order valence-corrected chi connectivity index (χ0v) is 8.68. The van der Waals surface area contributed by atoms with Crippen LogP contribution in [0.5, 0.6) is 0 Å². The van der Waals surface area contributed by atoms with E-state index in [1.165, 1.54) is 12.8 Å². The van der Waals surface area contributed by atoms with Crippen molar-refractivity contribution in [2.24, 2.45) is 0 Å². The van der Waals surface area contributed by atoms with Crippen LogP contribution < -0.4 is 5.32 Å². The van der Waals surface area contributed by atoms with Crippen molar-refractivity contribution < 1.29 is 9.90 Å². The van der Waals surface area contributed by atoms with Crippen molar-refractivity contribution in [3.05, 3.63) is 18.2 Å². The number of nitrogens with zero attached hydrogens (tertiary/aromatic N) is 2. The largest absolute Gasteiger partial charge is 0.465 e. The molecule has 0 radical (unpaired) electrons. The number of carbonyl (C=O) groups is 1. The van der Waals surface area contributed by atoms with Gasteiger partial charge in [-0.3, -0.25) is 0 Å². The van der Waals surface area contributed by atoms with Gasteiger partial charge in [0.2, 0.25) is 0 Å². The molecule has 1 aromatic heterocycles. The number of hydrogen-bond acceptors (Lipinski definition) is 2. The van der Waals surface area contributed by atoms with Gasteiger partial charge in [-0.1, -0.05) is 0 Å². The summed E-state index contributed by atoms with van der Waals surface area (Å²) in [5, 5.41) is 10.9. The zero-order valence-electron chi connectivity index (χ0n) is 8.68. The second-order valence-corrected chi connectivity index (χ2v) is 4.12. The number of imidazole rings is 1. The molecule has 1 aliphatic carbocycles. The van der Waals surface area contributed by atoms with E-state index in [1.54, 1.807) is 6.33 Å². The molecule has 0 saturated heterocycles. The van der Waals surface area contributed by atoms with Gasteiger partial charge in [0.05, 0.1) is 12.0 Å². The van der Waals surface area contributed by atoms with E-state index < -0.39 is 6.09 Å². The Hall–Kier alpha value is -1.52. The minimum atomic E-state index is -0.981. The van der Waals surface area contributed by atoms with Gasteiger partial charge in [0.15, 0.2) is 0 Å². The van der Waals surface area contributed by atoms with Crippen LogP contribution in [0.4, 0.5) is 4.79 Å². The topological polar surface area (TPSA) is 67.2 Å². The van der Waals surface area contributed by atoms with Crippen LogP contribution in [-0.4, -0.2) is 26.8 Å². The maximum absolute atomic E-state index is 10.4. The summed E-state index contributed by atoms with van der Waals surface area (Å²) in [4.78, 5) is 14.7. The summed E-state index contributed by atoms with van der Waals surface area (Å²) >= 11 is 0. The Morgan fingerprint density at radius 2 is 2.53 bits per heavy atom. The first-order chi connectivity index (χ1) is 7.15. The fraction of sp³-hybridized carbons (Fsp3) is 0.600. The van der Waals surface area contributed by atoms with E-state index in [4.69, 9.17) is 5.11 Å². The quantitative estimate of drug-likeness (QED) is 0.788. The maximum atomic E-state index is 10.4. The minimum absolute atomic E-state index is 0.0937. The molecular weight excluding hydrogens is 194 g/mol. The molecule has 0 aliphatic heterocycles. The molecule has 15 heavy (non-hydrogen) atoms. The van der Waals surface area contributed by atoms with Crippen molar-refractivity contribution >= 4 is 6.09 Å². The molecule has 5 nitrogen and oxygen atoms in total. The van der Waals surface area contributed by atoms with Crippen LogP contribution in [0.2, 0.25) is 0 Å². The second kappa shape index (κ2) is 3.92. The third-order valence-electron chi connectivity index (χ3n) is 2.50. The Bertz CT molecular complexity index is 357. The Kier molecular flexibility index (Phi) is 2.62. The van der Waals surface area contributed by atoms with Gasteiger partial charge in [0.25, 0.3) is 0 Å². The number of amides is 1. The van der Waals surface area contributed by atoms with E-state index >= 15 is 0 Å². The van der Waals surface area contributed by atoms with Crippen LogP contribution in [0.3, 0.4) is 0 Å². The molecular formula is C10H15N3O2. The van der Waals surface area contributed by atoms with Gasteiger partial charge in [-0.2, -0.15) is 0 Å². The summed E-state index contributed by atoms with van der Waals surface area (Å²) in [6.07, 6.45) is 5.27. The lowest BCUT2D eigenvalue weighted by Crippen LogP contribution is -2.34. The summed E-state index contributed by atoms with van der Waals surface area (Å²) in [6, 6.07) is -0.0937. The van der Waals surface area contributed by atoms with E-state index in [0.29, 0.717) is 12.5 Å². The van der Waals surface area contributed by atoms with E-state index in [0.717, 1.165) is 5.69 Å². The molecule has 2 rings (SSSR count). The molecule has 82 valence electrons. The van der Waals surface area contributed by atoms with Gasteiger partial charge >= 0.3 is 6.09 Å². The molecule has 1 unspecified atom stereocenters. The monoisotopic (exact) mass is 209 g/mol. The van der Waals surface area contributed by atoms with E-state index in [2.05, 4.69) is 10.3 Å². The number of rotatable bonds is 4. The highest BCUT2D eigenvalue weighted by Gasteiger charge is 2.25. The number of aromatic nitrogens is 2. The van der Waals surface area contributed by atoms with Crippen LogP contribution in [0, 0.1) is 0 Å². The van der Waals surface area contributed by atoms with Crippen molar-refractivity contribution in [3.8, 4) is 0 Å². The van der Waals surface area contributed by atoms with Crippen molar-refractivity contribution in [3.63, 3.8) is 0 Å². The Balaban J connectivity index is 1.89. The molecule has 1 aliphatic rings. The normalized spacial score (nSPS) is 17.4. The first-order valence-electron chi connectivity index (χ1n) is 5.16. The maximum Gasteiger partial charge on any atom is 0.404 e. The molecule has 1 aromatic rings. The molecule has 0 spiro atoms. The van der Waals surface area contributed by atoms with Gasteiger partial charge in [-0.05, 0) is 19.8 Å². The summed E-state index contributed by atoms with van der Waals surface area (Å²) in [5.74, 6) is 0.647. The molecule has 1 fully saturated rings. The minimum Gasteiger partial charge on any atom is -0.465 e. The first-order valence-corrected chi connectivity index (χ1v) is 5.16. The molecule has 1 atom stereocenters. The first kappa shape index (κ1) is 10.0. The Morgan fingerprint density at radius 3 is 3.13 bits per heavy atom. The van der Waals surface area contributed by atoms with Crippen molar-refractivity contribution in [1.29, 1.82) is 0 Å². The van der Waals surface area contributed by atoms with Gasteiger partial charge in [0, 0.05) is 24.7 Å². The van der Waals surface area contributed by atoms with Crippen LogP contribution in [0.15, 0.2) is 12.5 Å². The number of hydrogen-bond donors (Lipinski definition) is 2. The predicted octanol–water partition coefficient (Wildman–Crippen LogP) is 1.42. The zero-order chi connectivity index (χ0) is 10.8. The summed E-state index contributed by atoms with van der Waals surface area (Å²) < 4.78 is 1.94. The number of carboxylic acid groups (broad SMARTS) is 1. The Labute approximate surface area is 88.1 Å². The van der Waals surface area contributed by atoms with Crippen molar-refractivity contribution in [1.82, 2.24) is 14.9 Å². The fourth-order valence-electron chi connectivity index (χ4n) is 1.64. The lowest BCUT2D eigenvalue weighted by Gasteiger charge is -2.11. The lowest BCUT2D eigenvalue weighted by molar-refractivity contribution is 0.189. The second-order valence-electron chi connectivity index (χ2n) is 4.12. The fourth-order valence-corrected chi connectivity index (χ4v) is 1.64. The molecule has 1 amide bonds. The van der Waals surface area contributed by atoms with Crippen LogP contribution in [0.1, 0.15) is 31.4 Å². The average molecular weight is 209 g/mol. The highest BCUT2D eigenvalue weighted by atomic mass is 16.4. The van der Waals surface area contributed by atoms with Crippen LogP contribution in [0.25, 0.3) is 0 Å².